The first-order valence-corrected chi connectivity index (χ1v) is 4.43. The van der Waals surface area contributed by atoms with Gasteiger partial charge in [-0.3, -0.25) is 4.79 Å². The van der Waals surface area contributed by atoms with Gasteiger partial charge in [0, 0.05) is 10.0 Å². The van der Waals surface area contributed by atoms with Crippen molar-refractivity contribution in [1.29, 1.82) is 0 Å². The van der Waals surface area contributed by atoms with Gasteiger partial charge in [-0.25, -0.2) is 0 Å². The number of hydrogen-bond donors (Lipinski definition) is 1. The second kappa shape index (κ2) is 3.99. The summed E-state index contributed by atoms with van der Waals surface area (Å²) in [5.41, 5.74) is 1.32. The van der Waals surface area contributed by atoms with E-state index in [9.17, 15) is 4.79 Å². The summed E-state index contributed by atoms with van der Waals surface area (Å²) in [5, 5.41) is 9.55. The summed E-state index contributed by atoms with van der Waals surface area (Å²) in [4.78, 5) is 10.4. The molecule has 0 radical (unpaired) electrons. The molecule has 0 fully saturated rings. The van der Waals surface area contributed by atoms with E-state index in [1.807, 2.05) is 0 Å². The number of carboxylic acids is 1. The van der Waals surface area contributed by atoms with Crippen molar-refractivity contribution in [3.63, 3.8) is 0 Å². The minimum Gasteiger partial charge on any atom is -0.481 e. The lowest BCUT2D eigenvalue weighted by Crippen LogP contribution is -2.01. The summed E-state index contributed by atoms with van der Waals surface area (Å²) in [7, 11) is 0. The van der Waals surface area contributed by atoms with Crippen LogP contribution >= 0.6 is 23.2 Å². The largest absolute Gasteiger partial charge is 0.481 e. The fraction of sp³-hybridized carbons (Fsp3) is 0.222. The number of halogens is 2. The van der Waals surface area contributed by atoms with Crippen molar-refractivity contribution >= 4 is 29.2 Å². The van der Waals surface area contributed by atoms with Gasteiger partial charge in [-0.2, -0.15) is 0 Å². The Balaban J connectivity index is 3.10. The van der Waals surface area contributed by atoms with Crippen LogP contribution in [0.15, 0.2) is 12.1 Å². The van der Waals surface area contributed by atoms with Crippen molar-refractivity contribution in [1.82, 2.24) is 0 Å². The number of carbonyl (C=O) groups is 1. The van der Waals surface area contributed by atoms with Crippen LogP contribution in [-0.4, -0.2) is 11.1 Å². The fourth-order valence-corrected chi connectivity index (χ4v) is 1.45. The van der Waals surface area contributed by atoms with Crippen LogP contribution in [0.3, 0.4) is 0 Å². The third-order valence-electron chi connectivity index (χ3n) is 1.74. The summed E-state index contributed by atoms with van der Waals surface area (Å²) >= 11 is 11.7. The van der Waals surface area contributed by atoms with Gasteiger partial charge in [0.15, 0.2) is 0 Å². The smallest absolute Gasteiger partial charge is 0.307 e. The summed E-state index contributed by atoms with van der Waals surface area (Å²) in [6.07, 6.45) is -0.0726. The van der Waals surface area contributed by atoms with Crippen LogP contribution in [0.1, 0.15) is 11.1 Å². The molecular weight excluding hydrogens is 211 g/mol. The maximum Gasteiger partial charge on any atom is 0.307 e. The van der Waals surface area contributed by atoms with Gasteiger partial charge in [-0.15, -0.1) is 0 Å². The standard InChI is InChI=1S/C9H8Cl2O2/c1-5-7(10)3-2-6(9(5)11)4-8(12)13/h2-3H,4H2,1H3,(H,12,13). The Labute approximate surface area is 86.1 Å². The van der Waals surface area contributed by atoms with E-state index in [1.165, 1.54) is 0 Å². The molecule has 1 N–H and O–H groups in total. The van der Waals surface area contributed by atoms with Gasteiger partial charge in [0.1, 0.15) is 0 Å². The first-order chi connectivity index (χ1) is 6.02. The van der Waals surface area contributed by atoms with E-state index in [0.29, 0.717) is 15.6 Å². The second-order valence-electron chi connectivity index (χ2n) is 2.72. The Bertz CT molecular complexity index is 348. The van der Waals surface area contributed by atoms with Crippen molar-refractivity contribution in [2.24, 2.45) is 0 Å². The molecule has 1 aromatic carbocycles. The molecule has 0 heterocycles. The van der Waals surface area contributed by atoms with Gasteiger partial charge in [0.2, 0.25) is 0 Å². The quantitative estimate of drug-likeness (QED) is 0.830. The van der Waals surface area contributed by atoms with Gasteiger partial charge in [-0.05, 0) is 24.1 Å². The molecule has 0 aliphatic rings. The van der Waals surface area contributed by atoms with Crippen LogP contribution in [0.25, 0.3) is 0 Å². The SMILES string of the molecule is Cc1c(Cl)ccc(CC(=O)O)c1Cl. The topological polar surface area (TPSA) is 37.3 Å². The predicted octanol–water partition coefficient (Wildman–Crippen LogP) is 2.93. The van der Waals surface area contributed by atoms with E-state index in [-0.39, 0.29) is 6.42 Å². The number of carboxylic acid groups (broad SMARTS) is 1. The number of aliphatic carboxylic acids is 1. The molecule has 0 unspecified atom stereocenters. The normalized spacial score (nSPS) is 10.1. The molecule has 0 amide bonds. The van der Waals surface area contributed by atoms with Gasteiger partial charge in [0.05, 0.1) is 6.42 Å². The lowest BCUT2D eigenvalue weighted by molar-refractivity contribution is -0.136. The van der Waals surface area contributed by atoms with Gasteiger partial charge in [-0.1, -0.05) is 29.3 Å². The summed E-state index contributed by atoms with van der Waals surface area (Å²) in [5.74, 6) is -0.899. The molecule has 0 saturated carbocycles. The molecule has 13 heavy (non-hydrogen) atoms. The Kier molecular flexibility index (Phi) is 3.17. The zero-order valence-corrected chi connectivity index (χ0v) is 8.49. The number of benzene rings is 1. The summed E-state index contributed by atoms with van der Waals surface area (Å²) < 4.78 is 0. The Hall–Kier alpha value is -0.730. The van der Waals surface area contributed by atoms with Crippen molar-refractivity contribution < 1.29 is 9.90 Å². The van der Waals surface area contributed by atoms with Gasteiger partial charge in [0.25, 0.3) is 0 Å². The Morgan fingerprint density at radius 3 is 2.62 bits per heavy atom. The lowest BCUT2D eigenvalue weighted by Gasteiger charge is -2.05. The van der Waals surface area contributed by atoms with E-state index >= 15 is 0 Å². The minimum absolute atomic E-state index is 0.0726. The van der Waals surface area contributed by atoms with E-state index in [0.717, 1.165) is 5.56 Å². The van der Waals surface area contributed by atoms with Crippen molar-refractivity contribution in [2.45, 2.75) is 13.3 Å². The highest BCUT2D eigenvalue weighted by Gasteiger charge is 2.09. The zero-order valence-electron chi connectivity index (χ0n) is 6.97. The highest BCUT2D eigenvalue weighted by atomic mass is 35.5. The minimum atomic E-state index is -0.899. The molecule has 0 bridgehead atoms. The van der Waals surface area contributed by atoms with Crippen LogP contribution in [0.2, 0.25) is 10.0 Å². The van der Waals surface area contributed by atoms with Crippen LogP contribution in [0.4, 0.5) is 0 Å². The monoisotopic (exact) mass is 218 g/mol. The van der Waals surface area contributed by atoms with Crippen LogP contribution < -0.4 is 0 Å². The molecule has 0 atom stereocenters. The molecule has 70 valence electrons. The number of rotatable bonds is 2. The maximum absolute atomic E-state index is 10.4. The molecule has 1 rings (SSSR count). The second-order valence-corrected chi connectivity index (χ2v) is 3.50. The average molecular weight is 219 g/mol. The fourth-order valence-electron chi connectivity index (χ4n) is 1.02. The van der Waals surface area contributed by atoms with Gasteiger partial charge >= 0.3 is 5.97 Å². The van der Waals surface area contributed by atoms with Crippen LogP contribution in [-0.2, 0) is 11.2 Å². The van der Waals surface area contributed by atoms with E-state index in [2.05, 4.69) is 0 Å². The maximum atomic E-state index is 10.4. The van der Waals surface area contributed by atoms with Crippen molar-refractivity contribution in [2.75, 3.05) is 0 Å². The molecule has 0 saturated heterocycles. The third-order valence-corrected chi connectivity index (χ3v) is 2.68. The van der Waals surface area contributed by atoms with E-state index < -0.39 is 5.97 Å². The zero-order chi connectivity index (χ0) is 10.0. The third kappa shape index (κ3) is 2.36. The summed E-state index contributed by atoms with van der Waals surface area (Å²) in [6, 6.07) is 3.28. The first kappa shape index (κ1) is 10.4. The number of hydrogen-bond acceptors (Lipinski definition) is 1. The Morgan fingerprint density at radius 1 is 1.46 bits per heavy atom. The van der Waals surface area contributed by atoms with Gasteiger partial charge < -0.3 is 5.11 Å². The molecule has 2 nitrogen and oxygen atoms in total. The predicted molar refractivity (Wildman–Crippen MR) is 52.5 cm³/mol. The molecule has 0 spiro atoms. The van der Waals surface area contributed by atoms with E-state index in [4.69, 9.17) is 28.3 Å². The van der Waals surface area contributed by atoms with Crippen molar-refractivity contribution in [3.8, 4) is 0 Å². The molecule has 0 aliphatic carbocycles. The van der Waals surface area contributed by atoms with Crippen LogP contribution in [0.5, 0.6) is 0 Å². The van der Waals surface area contributed by atoms with E-state index in [1.54, 1.807) is 19.1 Å². The first-order valence-electron chi connectivity index (χ1n) is 3.67. The lowest BCUT2D eigenvalue weighted by atomic mass is 10.1. The molecule has 4 heteroatoms. The average Bonchev–Trinajstić information content (AvgIpc) is 2.06. The Morgan fingerprint density at radius 2 is 2.08 bits per heavy atom. The molecule has 1 aromatic rings. The molecule has 0 aromatic heterocycles. The summed E-state index contributed by atoms with van der Waals surface area (Å²) in [6.45, 7) is 1.76. The molecule has 0 aliphatic heterocycles. The highest BCUT2D eigenvalue weighted by Crippen LogP contribution is 2.27. The van der Waals surface area contributed by atoms with Crippen molar-refractivity contribution in [3.05, 3.63) is 33.3 Å². The van der Waals surface area contributed by atoms with Crippen LogP contribution in [0, 0.1) is 6.92 Å². The highest BCUT2D eigenvalue weighted by molar-refractivity contribution is 6.36. The molecular formula is C9H8Cl2O2.